The van der Waals surface area contributed by atoms with Crippen LogP contribution in [-0.4, -0.2) is 60.6 Å². The zero-order valence-corrected chi connectivity index (χ0v) is 19.9. The Morgan fingerprint density at radius 3 is 2.64 bits per heavy atom. The molecule has 1 fully saturated rings. The van der Waals surface area contributed by atoms with Crippen molar-refractivity contribution in [1.29, 1.82) is 0 Å². The maximum Gasteiger partial charge on any atom is 0.243 e. The van der Waals surface area contributed by atoms with Crippen LogP contribution in [0.3, 0.4) is 0 Å². The first-order valence-corrected chi connectivity index (χ1v) is 13.3. The van der Waals surface area contributed by atoms with Crippen LogP contribution in [0.25, 0.3) is 10.9 Å². The number of benzene rings is 2. The maximum atomic E-state index is 12.8. The molecular weight excluding hydrogens is 458 g/mol. The Hall–Kier alpha value is -2.66. The molecule has 2 aliphatic rings. The monoisotopic (exact) mass is 483 g/mol. The molecule has 2 aliphatic heterocycles. The van der Waals surface area contributed by atoms with Crippen molar-refractivity contribution in [3.8, 4) is 0 Å². The molecule has 0 radical (unpaired) electrons. The van der Waals surface area contributed by atoms with Gasteiger partial charge in [0.25, 0.3) is 0 Å². The molecule has 0 saturated carbocycles. The maximum absolute atomic E-state index is 12.8. The van der Waals surface area contributed by atoms with Crippen LogP contribution in [0.2, 0.25) is 0 Å². The van der Waals surface area contributed by atoms with Gasteiger partial charge >= 0.3 is 0 Å². The lowest BCUT2D eigenvalue weighted by Crippen LogP contribution is -2.40. The molecule has 3 heterocycles. The largest absolute Gasteiger partial charge is 0.379 e. The zero-order valence-electron chi connectivity index (χ0n) is 18.2. The van der Waals surface area contributed by atoms with Crippen molar-refractivity contribution in [3.63, 3.8) is 0 Å². The Bertz CT molecular complexity index is 1320. The SMILES string of the molecule is CCc1cccc2c(C3=NNC(=Nc4ccc(S(=O)(=O)N5CCOCC5)cc4)SC3)c[nH]c12. The zero-order chi connectivity index (χ0) is 22.8. The summed E-state index contributed by atoms with van der Waals surface area (Å²) in [6, 6.07) is 13.0. The molecule has 8 nitrogen and oxygen atoms in total. The van der Waals surface area contributed by atoms with Gasteiger partial charge in [0.1, 0.15) is 0 Å². The van der Waals surface area contributed by atoms with Crippen LogP contribution in [0.5, 0.6) is 0 Å². The molecule has 172 valence electrons. The Morgan fingerprint density at radius 1 is 1.15 bits per heavy atom. The van der Waals surface area contributed by atoms with E-state index in [1.54, 1.807) is 36.0 Å². The van der Waals surface area contributed by atoms with Crippen molar-refractivity contribution >= 4 is 49.3 Å². The molecule has 10 heteroatoms. The highest BCUT2D eigenvalue weighted by Gasteiger charge is 2.26. The van der Waals surface area contributed by atoms with Crippen LogP contribution >= 0.6 is 11.8 Å². The summed E-state index contributed by atoms with van der Waals surface area (Å²) in [5.41, 5.74) is 8.22. The number of morpholine rings is 1. The predicted molar refractivity (Wildman–Crippen MR) is 133 cm³/mol. The second-order valence-corrected chi connectivity index (χ2v) is 10.7. The highest BCUT2D eigenvalue weighted by molar-refractivity contribution is 8.14. The fourth-order valence-electron chi connectivity index (χ4n) is 4.01. The number of amidine groups is 1. The number of ether oxygens (including phenoxy) is 1. The van der Waals surface area contributed by atoms with E-state index in [-0.39, 0.29) is 4.90 Å². The average molecular weight is 484 g/mol. The normalized spacial score (nSPS) is 18.9. The molecule has 0 bridgehead atoms. The summed E-state index contributed by atoms with van der Waals surface area (Å²) in [7, 11) is -3.51. The molecule has 0 aliphatic carbocycles. The first kappa shape index (κ1) is 22.1. The number of sulfonamides is 1. The topological polar surface area (TPSA) is 99.2 Å². The van der Waals surface area contributed by atoms with E-state index in [2.05, 4.69) is 45.6 Å². The van der Waals surface area contributed by atoms with Crippen molar-refractivity contribution in [3.05, 3.63) is 59.8 Å². The third kappa shape index (κ3) is 4.43. The number of rotatable bonds is 5. The number of nitrogens with one attached hydrogen (secondary N) is 2. The third-order valence-corrected chi connectivity index (χ3v) is 8.59. The van der Waals surface area contributed by atoms with Crippen LogP contribution < -0.4 is 5.43 Å². The molecule has 0 atom stereocenters. The van der Waals surface area contributed by atoms with E-state index in [9.17, 15) is 8.42 Å². The molecule has 0 unspecified atom stereocenters. The lowest BCUT2D eigenvalue weighted by Gasteiger charge is -2.26. The van der Waals surface area contributed by atoms with Crippen molar-refractivity contribution < 1.29 is 13.2 Å². The number of H-pyrrole nitrogens is 1. The van der Waals surface area contributed by atoms with Gasteiger partial charge in [-0.05, 0) is 36.2 Å². The number of aromatic amines is 1. The number of hydrogen-bond acceptors (Lipinski definition) is 6. The third-order valence-electron chi connectivity index (χ3n) is 5.80. The minimum absolute atomic E-state index is 0.267. The van der Waals surface area contributed by atoms with Gasteiger partial charge in [0.15, 0.2) is 5.17 Å². The van der Waals surface area contributed by atoms with E-state index >= 15 is 0 Å². The van der Waals surface area contributed by atoms with Crippen molar-refractivity contribution in [2.45, 2.75) is 18.2 Å². The van der Waals surface area contributed by atoms with Crippen LogP contribution in [0.1, 0.15) is 18.1 Å². The quantitative estimate of drug-likeness (QED) is 0.579. The van der Waals surface area contributed by atoms with Gasteiger partial charge < -0.3 is 9.72 Å². The number of aromatic nitrogens is 1. The molecule has 2 N–H and O–H groups in total. The van der Waals surface area contributed by atoms with Gasteiger partial charge in [-0.1, -0.05) is 36.9 Å². The summed E-state index contributed by atoms with van der Waals surface area (Å²) in [4.78, 5) is 8.24. The summed E-state index contributed by atoms with van der Waals surface area (Å²) in [5.74, 6) is 0.693. The molecule has 5 rings (SSSR count). The van der Waals surface area contributed by atoms with E-state index in [4.69, 9.17) is 4.74 Å². The summed E-state index contributed by atoms with van der Waals surface area (Å²) < 4.78 is 32.2. The first-order chi connectivity index (χ1) is 16.1. The number of para-hydroxylation sites is 1. The van der Waals surface area contributed by atoms with Crippen molar-refractivity contribution in [2.24, 2.45) is 10.1 Å². The smallest absolute Gasteiger partial charge is 0.243 e. The van der Waals surface area contributed by atoms with E-state index in [1.165, 1.54) is 15.3 Å². The molecule has 33 heavy (non-hydrogen) atoms. The number of fused-ring (bicyclic) bond motifs is 1. The lowest BCUT2D eigenvalue weighted by molar-refractivity contribution is 0.0730. The van der Waals surface area contributed by atoms with Gasteiger partial charge in [0.2, 0.25) is 10.0 Å². The fraction of sp³-hybridized carbons (Fsp3) is 0.304. The predicted octanol–water partition coefficient (Wildman–Crippen LogP) is 3.48. The minimum Gasteiger partial charge on any atom is -0.379 e. The fourth-order valence-corrected chi connectivity index (χ4v) is 6.19. The van der Waals surface area contributed by atoms with Gasteiger partial charge in [-0.2, -0.15) is 9.41 Å². The highest BCUT2D eigenvalue weighted by atomic mass is 32.2. The molecule has 2 aromatic carbocycles. The number of hydrazone groups is 1. The van der Waals surface area contributed by atoms with Crippen LogP contribution in [0.15, 0.2) is 63.7 Å². The van der Waals surface area contributed by atoms with E-state index in [0.717, 1.165) is 23.2 Å². The number of thioether (sulfide) groups is 1. The lowest BCUT2D eigenvalue weighted by atomic mass is 10.1. The minimum atomic E-state index is -3.51. The van der Waals surface area contributed by atoms with E-state index in [0.29, 0.717) is 42.9 Å². The summed E-state index contributed by atoms with van der Waals surface area (Å²) in [6.45, 7) is 3.76. The van der Waals surface area contributed by atoms with Gasteiger partial charge in [-0.3, -0.25) is 5.43 Å². The number of nitrogens with zero attached hydrogens (tertiary/aromatic N) is 3. The molecule has 1 aromatic heterocycles. The second-order valence-electron chi connectivity index (χ2n) is 7.78. The van der Waals surface area contributed by atoms with Crippen LogP contribution in [0, 0.1) is 0 Å². The van der Waals surface area contributed by atoms with Gasteiger partial charge in [0.05, 0.1) is 29.5 Å². The van der Waals surface area contributed by atoms with Crippen molar-refractivity contribution in [1.82, 2.24) is 14.7 Å². The van der Waals surface area contributed by atoms with Gasteiger partial charge in [0, 0.05) is 41.5 Å². The number of aryl methyl sites for hydroxylation is 1. The van der Waals surface area contributed by atoms with Gasteiger partial charge in [-0.25, -0.2) is 13.4 Å². The van der Waals surface area contributed by atoms with Gasteiger partial charge in [-0.15, -0.1) is 0 Å². The van der Waals surface area contributed by atoms with Crippen LogP contribution in [-0.2, 0) is 21.2 Å². The van der Waals surface area contributed by atoms with Crippen LogP contribution in [0.4, 0.5) is 5.69 Å². The van der Waals surface area contributed by atoms with Crippen molar-refractivity contribution in [2.75, 3.05) is 32.1 Å². The molecular formula is C23H25N5O3S2. The Kier molecular flexibility index (Phi) is 6.24. The summed E-state index contributed by atoms with van der Waals surface area (Å²) in [5, 5.41) is 6.41. The molecule has 0 spiro atoms. The number of aliphatic imine (C=N–C) groups is 1. The molecule has 1 saturated heterocycles. The Morgan fingerprint density at radius 2 is 1.94 bits per heavy atom. The molecule has 3 aromatic rings. The highest BCUT2D eigenvalue weighted by Crippen LogP contribution is 2.26. The first-order valence-electron chi connectivity index (χ1n) is 10.9. The number of hydrogen-bond donors (Lipinski definition) is 2. The Labute approximate surface area is 197 Å². The summed E-state index contributed by atoms with van der Waals surface area (Å²) >= 11 is 1.57. The second kappa shape index (κ2) is 9.30. The van der Waals surface area contributed by atoms with E-state index in [1.807, 2.05) is 6.20 Å². The molecule has 0 amide bonds. The van der Waals surface area contributed by atoms with E-state index < -0.39 is 10.0 Å². The Balaban J connectivity index is 1.31. The average Bonchev–Trinajstić information content (AvgIpc) is 3.30. The standard InChI is InChI=1S/C23H25N5O3S2/c1-2-16-4-3-5-19-20(14-24-22(16)19)21-15-32-23(27-26-21)25-17-6-8-18(9-7-17)33(29,30)28-10-12-31-13-11-28/h3-9,14,24H,2,10-13,15H2,1H3,(H,25,27). The summed E-state index contributed by atoms with van der Waals surface area (Å²) in [6.07, 6.45) is 2.99.